The highest BCUT2D eigenvalue weighted by atomic mass is 16.4. The summed E-state index contributed by atoms with van der Waals surface area (Å²) in [5.74, 6) is 0. The molecule has 0 aliphatic heterocycles. The fourth-order valence-corrected chi connectivity index (χ4v) is 3.65. The van der Waals surface area contributed by atoms with E-state index in [1.54, 1.807) is 48.5 Å². The van der Waals surface area contributed by atoms with Gasteiger partial charge in [0.05, 0.1) is 12.3 Å². The average Bonchev–Trinajstić information content (AvgIpc) is 2.91. The molecule has 0 unspecified atom stereocenters. The maximum atomic E-state index is 10.2. The van der Waals surface area contributed by atoms with Crippen molar-refractivity contribution >= 4 is 34.1 Å². The van der Waals surface area contributed by atoms with Crippen LogP contribution >= 0.6 is 0 Å². The van der Waals surface area contributed by atoms with Crippen LogP contribution in [-0.2, 0) is 0 Å². The Morgan fingerprint density at radius 3 is 1.52 bits per heavy atom. The molecule has 5 rings (SSSR count). The van der Waals surface area contributed by atoms with Crippen molar-refractivity contribution in [2.24, 2.45) is 0 Å². The lowest BCUT2D eigenvalue weighted by Gasteiger charge is -2.17. The SMILES string of the molecule is [2H]c1c([2H])c([2H])c(-c2c([2H])c([2H])c(-c3c4ccccc4c(B(O)O)c4ccccc34)c([2H])c2[2H])c([2H])c1[2H]. The average molecular weight is 383 g/mol. The van der Waals surface area contributed by atoms with Crippen molar-refractivity contribution in [3.05, 3.63) is 103 Å². The van der Waals surface area contributed by atoms with Crippen LogP contribution in [0.15, 0.2) is 103 Å². The van der Waals surface area contributed by atoms with Gasteiger partial charge in [-0.1, -0.05) is 103 Å². The minimum atomic E-state index is -1.81. The van der Waals surface area contributed by atoms with Crippen molar-refractivity contribution in [3.8, 4) is 22.3 Å². The maximum absolute atomic E-state index is 10.2. The van der Waals surface area contributed by atoms with E-state index in [-0.39, 0.29) is 11.0 Å². The van der Waals surface area contributed by atoms with Crippen LogP contribution < -0.4 is 5.46 Å². The molecule has 0 aliphatic carbocycles. The van der Waals surface area contributed by atoms with Gasteiger partial charge in [-0.15, -0.1) is 0 Å². The summed E-state index contributed by atoms with van der Waals surface area (Å²) in [6, 6.07) is 8.41. The molecule has 5 aromatic rings. The Labute approximate surface area is 182 Å². The monoisotopic (exact) mass is 383 g/mol. The Bertz CT molecular complexity index is 1690. The zero-order chi connectivity index (χ0) is 27.6. The summed E-state index contributed by atoms with van der Waals surface area (Å²) in [5.41, 5.74) is -0.261. The van der Waals surface area contributed by atoms with Gasteiger partial charge in [0.1, 0.15) is 0 Å². The topological polar surface area (TPSA) is 40.5 Å². The van der Waals surface area contributed by atoms with E-state index >= 15 is 0 Å². The van der Waals surface area contributed by atoms with Crippen LogP contribution in [0.2, 0.25) is 0 Å². The second kappa shape index (κ2) is 7.21. The van der Waals surface area contributed by atoms with Crippen LogP contribution in [-0.4, -0.2) is 17.2 Å². The van der Waals surface area contributed by atoms with Crippen molar-refractivity contribution in [3.63, 3.8) is 0 Å². The normalized spacial score (nSPS) is 15.4. The molecule has 3 heteroatoms. The van der Waals surface area contributed by atoms with Gasteiger partial charge in [0.15, 0.2) is 0 Å². The van der Waals surface area contributed by atoms with Gasteiger partial charge in [0.2, 0.25) is 0 Å². The molecule has 0 aromatic heterocycles. The van der Waals surface area contributed by atoms with E-state index in [4.69, 9.17) is 12.3 Å². The summed E-state index contributed by atoms with van der Waals surface area (Å²) < 4.78 is 75.7. The molecule has 0 heterocycles. The highest BCUT2D eigenvalue weighted by Gasteiger charge is 2.22. The second-order valence-corrected chi connectivity index (χ2v) is 6.50. The molecule has 0 atom stereocenters. The molecular weight excluding hydrogens is 355 g/mol. The summed E-state index contributed by atoms with van der Waals surface area (Å²) in [5, 5.41) is 22.3. The van der Waals surface area contributed by atoms with Gasteiger partial charge in [-0.2, -0.15) is 0 Å². The molecule has 0 bridgehead atoms. The third-order valence-corrected chi connectivity index (χ3v) is 4.86. The maximum Gasteiger partial charge on any atom is 0.489 e. The zero-order valence-electron chi connectivity index (χ0n) is 24.1. The predicted molar refractivity (Wildman–Crippen MR) is 122 cm³/mol. The summed E-state index contributed by atoms with van der Waals surface area (Å²) in [7, 11) is -1.81. The van der Waals surface area contributed by atoms with E-state index in [1.807, 2.05) is 0 Å². The molecule has 5 aromatic carbocycles. The molecule has 0 fully saturated rings. The van der Waals surface area contributed by atoms with Crippen LogP contribution in [0, 0.1) is 0 Å². The van der Waals surface area contributed by atoms with E-state index in [1.165, 1.54) is 0 Å². The van der Waals surface area contributed by atoms with E-state index in [0.717, 1.165) is 0 Å². The Balaban J connectivity index is 1.96. The van der Waals surface area contributed by atoms with Crippen LogP contribution in [0.3, 0.4) is 0 Å². The van der Waals surface area contributed by atoms with Crippen LogP contribution in [0.1, 0.15) is 12.3 Å². The van der Waals surface area contributed by atoms with Gasteiger partial charge in [0, 0.05) is 0 Å². The molecule has 0 aliphatic rings. The first kappa shape index (κ1) is 10.4. The number of benzene rings is 5. The van der Waals surface area contributed by atoms with Crippen molar-refractivity contribution in [2.45, 2.75) is 0 Å². The zero-order valence-corrected chi connectivity index (χ0v) is 15.1. The fraction of sp³-hybridized carbons (Fsp3) is 0. The lowest BCUT2D eigenvalue weighted by Crippen LogP contribution is -2.31. The summed E-state index contributed by atoms with van der Waals surface area (Å²) in [6.45, 7) is 0. The largest absolute Gasteiger partial charge is 0.489 e. The molecular formula is C26H19BO2. The van der Waals surface area contributed by atoms with Gasteiger partial charge >= 0.3 is 7.12 Å². The summed E-state index contributed by atoms with van der Waals surface area (Å²) >= 11 is 0. The van der Waals surface area contributed by atoms with Gasteiger partial charge in [-0.25, -0.2) is 0 Å². The number of rotatable bonds is 3. The molecule has 2 nitrogen and oxygen atoms in total. The number of hydrogen-bond acceptors (Lipinski definition) is 2. The van der Waals surface area contributed by atoms with Crippen molar-refractivity contribution in [1.29, 1.82) is 0 Å². The standard InChI is InChI=1S/C26H19BO2/c28-27(29)26-23-12-6-4-10-21(23)25(22-11-5-7-13-24(22)26)20-16-14-19(15-17-20)18-8-2-1-3-9-18/h1-17,28-29H/i1D,2D,3D,8D,9D,14D,15D,16D,17D. The third-order valence-electron chi connectivity index (χ3n) is 4.86. The van der Waals surface area contributed by atoms with Crippen LogP contribution in [0.5, 0.6) is 0 Å². The van der Waals surface area contributed by atoms with Gasteiger partial charge in [0.25, 0.3) is 0 Å². The lowest BCUT2D eigenvalue weighted by molar-refractivity contribution is 0.426. The van der Waals surface area contributed by atoms with E-state index in [9.17, 15) is 10.0 Å². The van der Waals surface area contributed by atoms with E-state index in [2.05, 4.69) is 0 Å². The first-order chi connectivity index (χ1) is 18.0. The van der Waals surface area contributed by atoms with Crippen molar-refractivity contribution in [2.75, 3.05) is 0 Å². The quantitative estimate of drug-likeness (QED) is 0.340. The lowest BCUT2D eigenvalue weighted by atomic mass is 9.72. The molecule has 0 spiro atoms. The van der Waals surface area contributed by atoms with Crippen molar-refractivity contribution in [1.82, 2.24) is 0 Å². The van der Waals surface area contributed by atoms with Gasteiger partial charge in [-0.3, -0.25) is 0 Å². The minimum absolute atomic E-state index is 0.0532. The highest BCUT2D eigenvalue weighted by molar-refractivity contribution is 6.66. The molecule has 2 N–H and O–H groups in total. The molecule has 0 saturated carbocycles. The van der Waals surface area contributed by atoms with Gasteiger partial charge in [-0.05, 0) is 49.3 Å². The van der Waals surface area contributed by atoms with E-state index in [0.29, 0.717) is 27.1 Å². The summed E-state index contributed by atoms with van der Waals surface area (Å²) in [6.07, 6.45) is 0. The Hall–Kier alpha value is -3.40. The molecule has 0 saturated heterocycles. The molecule has 0 radical (unpaired) electrons. The van der Waals surface area contributed by atoms with E-state index < -0.39 is 72.6 Å². The smallest absolute Gasteiger partial charge is 0.423 e. The fourth-order valence-electron chi connectivity index (χ4n) is 3.65. The van der Waals surface area contributed by atoms with Gasteiger partial charge < -0.3 is 10.0 Å². The predicted octanol–water partition coefficient (Wildman–Crippen LogP) is 5.01. The molecule has 29 heavy (non-hydrogen) atoms. The first-order valence-corrected chi connectivity index (χ1v) is 8.96. The first-order valence-electron chi connectivity index (χ1n) is 13.5. The summed E-state index contributed by atoms with van der Waals surface area (Å²) in [4.78, 5) is 0. The number of fused-ring (bicyclic) bond motifs is 2. The Morgan fingerprint density at radius 1 is 0.552 bits per heavy atom. The van der Waals surface area contributed by atoms with Crippen LogP contribution in [0.4, 0.5) is 0 Å². The van der Waals surface area contributed by atoms with Crippen molar-refractivity contribution < 1.29 is 22.4 Å². The Morgan fingerprint density at radius 2 is 1.00 bits per heavy atom. The third kappa shape index (κ3) is 3.01. The van der Waals surface area contributed by atoms with Crippen LogP contribution in [0.25, 0.3) is 43.8 Å². The Kier molecular flexibility index (Phi) is 2.59. The number of hydrogen-bond donors (Lipinski definition) is 2. The highest BCUT2D eigenvalue weighted by Crippen LogP contribution is 2.36. The minimum Gasteiger partial charge on any atom is -0.423 e. The molecule has 0 amide bonds. The second-order valence-electron chi connectivity index (χ2n) is 6.50. The molecule has 138 valence electrons.